The Hall–Kier alpha value is -7.38. The molecule has 3 rings (SSSR count). The number of aromatic hydroxyl groups is 1. The Morgan fingerprint density at radius 2 is 0.987 bits per heavy atom. The number of fused-ring (bicyclic) bond motifs is 1. The molecule has 1 aromatic carbocycles. The highest BCUT2D eigenvalue weighted by Gasteiger charge is 2.41. The van der Waals surface area contributed by atoms with Crippen molar-refractivity contribution in [3.63, 3.8) is 0 Å². The number of nitrogens with zero attached hydrogens (tertiary/aromatic N) is 1. The Labute approximate surface area is 441 Å². The molecule has 2 fully saturated rings. The predicted octanol–water partition coefficient (Wildman–Crippen LogP) is -2.69. The summed E-state index contributed by atoms with van der Waals surface area (Å²) in [5.74, 6) is -12.6. The quantitative estimate of drug-likeness (QED) is 0.0469. The fourth-order valence-corrected chi connectivity index (χ4v) is 8.97. The minimum absolute atomic E-state index is 0.00350. The van der Waals surface area contributed by atoms with Crippen LogP contribution in [-0.2, 0) is 64.0 Å². The highest BCUT2D eigenvalue weighted by Crippen LogP contribution is 2.21. The van der Waals surface area contributed by atoms with Gasteiger partial charge in [0.05, 0.1) is 25.9 Å². The van der Waals surface area contributed by atoms with Gasteiger partial charge in [0.2, 0.25) is 70.9 Å². The first-order valence-corrected chi connectivity index (χ1v) is 26.1. The van der Waals surface area contributed by atoms with Crippen LogP contribution in [0.25, 0.3) is 0 Å². The van der Waals surface area contributed by atoms with Gasteiger partial charge < -0.3 is 75.3 Å². The van der Waals surface area contributed by atoms with E-state index in [9.17, 15) is 67.7 Å². The molecule has 2 heterocycles. The molecule has 8 atom stereocenters. The lowest BCUT2D eigenvalue weighted by Gasteiger charge is -2.31. The highest BCUT2D eigenvalue weighted by molar-refractivity contribution is 6.00. The van der Waals surface area contributed by atoms with Gasteiger partial charge in [0.25, 0.3) is 0 Å². The van der Waals surface area contributed by atoms with Gasteiger partial charge >= 0.3 is 0 Å². The maximum atomic E-state index is 14.3. The summed E-state index contributed by atoms with van der Waals surface area (Å²) in [7, 11) is 0. The molecular weight excluding hydrogens is 993 g/mol. The maximum absolute atomic E-state index is 14.3. The lowest BCUT2D eigenvalue weighted by Crippen LogP contribution is -2.60. The molecule has 0 bridgehead atoms. The topological polar surface area (TPSA) is 437 Å². The van der Waals surface area contributed by atoms with Crippen LogP contribution in [0.4, 0.5) is 0 Å². The molecule has 17 N–H and O–H groups in total. The molecule has 0 aliphatic carbocycles. The Morgan fingerprint density at radius 1 is 0.539 bits per heavy atom. The number of rotatable bonds is 24. The number of aliphatic hydroxyl groups is 1. The van der Waals surface area contributed by atoms with Gasteiger partial charge in [0.15, 0.2) is 0 Å². The van der Waals surface area contributed by atoms with E-state index in [1.807, 2.05) is 0 Å². The number of unbranched alkanes of at least 4 members (excludes halogenated alkanes) is 10. The number of carbonyl (C=O) groups excluding carboxylic acids is 12. The number of primary amides is 4. The van der Waals surface area contributed by atoms with Crippen molar-refractivity contribution in [3.05, 3.63) is 29.8 Å². The summed E-state index contributed by atoms with van der Waals surface area (Å²) in [6.07, 6.45) is 7.11. The fourth-order valence-electron chi connectivity index (χ4n) is 8.97. The van der Waals surface area contributed by atoms with Crippen molar-refractivity contribution in [1.82, 2.24) is 42.1 Å². The Bertz CT molecular complexity index is 2200. The maximum Gasteiger partial charge on any atom is 0.245 e. The van der Waals surface area contributed by atoms with E-state index in [4.69, 9.17) is 22.9 Å². The molecule has 12 amide bonds. The third-order valence-electron chi connectivity index (χ3n) is 13.0. The van der Waals surface area contributed by atoms with Crippen LogP contribution in [-0.4, -0.2) is 147 Å². The average Bonchev–Trinajstić information content (AvgIpc) is 3.85. The third-order valence-corrected chi connectivity index (χ3v) is 13.0. The predicted molar refractivity (Wildman–Crippen MR) is 273 cm³/mol. The molecule has 2 aliphatic heterocycles. The SMILES string of the molecule is CCCCCCCCCCCCCC1CC(=O)NC(CC(N)=O)C(=O)N[C@H](Cc2ccc(O)cc2)C(=O)NC(CC(N)=O)C(=O)NC(CCC(N)=O)C(=O)N2CCC[C@H]2C(=O)NC(CC(N)=O)C(=O)N[C@@H](CO)C(=O)N1. The Morgan fingerprint density at radius 3 is 1.50 bits per heavy atom. The second-order valence-corrected chi connectivity index (χ2v) is 19.4. The van der Waals surface area contributed by atoms with Crippen LogP contribution in [0.2, 0.25) is 0 Å². The highest BCUT2D eigenvalue weighted by atomic mass is 16.3. The summed E-state index contributed by atoms with van der Waals surface area (Å²) in [4.78, 5) is 162. The molecule has 26 nitrogen and oxygen atoms in total. The number of benzene rings is 1. The molecule has 2 saturated heterocycles. The van der Waals surface area contributed by atoms with Gasteiger partial charge in [-0.3, -0.25) is 57.5 Å². The summed E-state index contributed by atoms with van der Waals surface area (Å²) < 4.78 is 0. The van der Waals surface area contributed by atoms with Crippen molar-refractivity contribution in [1.29, 1.82) is 0 Å². The first-order valence-electron chi connectivity index (χ1n) is 26.1. The van der Waals surface area contributed by atoms with Crippen LogP contribution in [0.5, 0.6) is 5.75 Å². The summed E-state index contributed by atoms with van der Waals surface area (Å²) in [6.45, 7) is 1.06. The zero-order chi connectivity index (χ0) is 56.3. The van der Waals surface area contributed by atoms with E-state index in [0.717, 1.165) is 43.4 Å². The molecule has 76 heavy (non-hydrogen) atoms. The van der Waals surface area contributed by atoms with Gasteiger partial charge in [0, 0.05) is 31.8 Å². The van der Waals surface area contributed by atoms with Crippen molar-refractivity contribution in [3.8, 4) is 5.75 Å². The van der Waals surface area contributed by atoms with E-state index in [2.05, 4.69) is 44.1 Å². The molecule has 0 aromatic heterocycles. The number of aliphatic hydroxyl groups excluding tert-OH is 1. The monoisotopic (exact) mass is 1070 g/mol. The van der Waals surface area contributed by atoms with Gasteiger partial charge in [-0.1, -0.05) is 89.7 Å². The number of nitrogens with one attached hydrogen (secondary N) is 7. The van der Waals surface area contributed by atoms with Crippen molar-refractivity contribution >= 4 is 70.9 Å². The second-order valence-electron chi connectivity index (χ2n) is 19.4. The summed E-state index contributed by atoms with van der Waals surface area (Å²) >= 11 is 0. The van der Waals surface area contributed by atoms with Crippen LogP contribution < -0.4 is 60.2 Å². The zero-order valence-corrected chi connectivity index (χ0v) is 43.2. The summed E-state index contributed by atoms with van der Waals surface area (Å²) in [5, 5.41) is 37.3. The zero-order valence-electron chi connectivity index (χ0n) is 43.2. The fraction of sp³-hybridized carbons (Fsp3) is 0.640. The Kier molecular flexibility index (Phi) is 27.2. The van der Waals surface area contributed by atoms with Crippen molar-refractivity contribution < 1.29 is 67.7 Å². The molecule has 0 spiro atoms. The van der Waals surface area contributed by atoms with Crippen molar-refractivity contribution in [2.45, 2.75) is 190 Å². The van der Waals surface area contributed by atoms with E-state index in [1.165, 1.54) is 43.5 Å². The molecule has 422 valence electrons. The van der Waals surface area contributed by atoms with E-state index >= 15 is 0 Å². The van der Waals surface area contributed by atoms with Crippen LogP contribution in [0.1, 0.15) is 141 Å². The molecular formula is C50H78N12O14. The normalized spacial score (nSPS) is 23.7. The van der Waals surface area contributed by atoms with Gasteiger partial charge in [-0.05, 0) is 43.4 Å². The number of hydrogen-bond acceptors (Lipinski definition) is 14. The van der Waals surface area contributed by atoms with Gasteiger partial charge in [-0.15, -0.1) is 0 Å². The summed E-state index contributed by atoms with van der Waals surface area (Å²) in [5.41, 5.74) is 22.2. The molecule has 0 saturated carbocycles. The van der Waals surface area contributed by atoms with Crippen LogP contribution in [0.15, 0.2) is 24.3 Å². The average molecular weight is 1070 g/mol. The number of amides is 12. The van der Waals surface area contributed by atoms with Crippen LogP contribution >= 0.6 is 0 Å². The first-order chi connectivity index (χ1) is 36.1. The molecule has 0 radical (unpaired) electrons. The van der Waals surface area contributed by atoms with E-state index in [0.29, 0.717) is 18.4 Å². The van der Waals surface area contributed by atoms with E-state index < -0.39 is 164 Å². The lowest BCUT2D eigenvalue weighted by molar-refractivity contribution is -0.143. The van der Waals surface area contributed by atoms with Crippen LogP contribution in [0, 0.1) is 0 Å². The second kappa shape index (κ2) is 32.8. The van der Waals surface area contributed by atoms with Crippen molar-refractivity contribution in [2.75, 3.05) is 13.2 Å². The molecule has 5 unspecified atom stereocenters. The van der Waals surface area contributed by atoms with Gasteiger partial charge in [0.1, 0.15) is 48.0 Å². The minimum atomic E-state index is -1.86. The lowest BCUT2D eigenvalue weighted by atomic mass is 10.0. The Balaban J connectivity index is 2.10. The van der Waals surface area contributed by atoms with Gasteiger partial charge in [-0.2, -0.15) is 0 Å². The number of nitrogens with two attached hydrogens (primary N) is 4. The van der Waals surface area contributed by atoms with Crippen LogP contribution in [0.3, 0.4) is 0 Å². The van der Waals surface area contributed by atoms with E-state index in [1.54, 1.807) is 0 Å². The number of phenols is 1. The number of phenolic OH excluding ortho intramolecular Hbond substituents is 1. The molecule has 2 aliphatic rings. The third kappa shape index (κ3) is 22.6. The standard InChI is InChI=1S/C50H78N12O14/c1-2-3-4-5-6-7-8-9-10-11-12-14-30-24-43(69)56-34(25-40(52)66)45(71)58-33(23-29-16-18-31(64)19-17-29)44(70)59-35(26-41(53)67)46(72)57-32(20-21-39(51)65)50(76)62-22-13-15-38(62)49(75)60-36(27-42(54)68)47(73)61-37(28-63)48(74)55-30/h16-19,30,32-38,63-64H,2-15,20-28H2,1H3,(H2,51,65)(H2,52,66)(H2,53,67)(H2,54,68)(H,55,74)(H,56,69)(H,57,72)(H,58,71)(H,59,70)(H,60,75)(H,61,73)/t30?,32?,33-,34?,35?,36?,37+,38+/m1/s1. The molecule has 26 heteroatoms. The van der Waals surface area contributed by atoms with E-state index in [-0.39, 0.29) is 38.0 Å². The minimum Gasteiger partial charge on any atom is -0.508 e. The van der Waals surface area contributed by atoms with Crippen molar-refractivity contribution in [2.24, 2.45) is 22.9 Å². The largest absolute Gasteiger partial charge is 0.508 e. The van der Waals surface area contributed by atoms with Gasteiger partial charge in [-0.25, -0.2) is 0 Å². The first kappa shape index (κ1) is 62.9. The number of hydrogen-bond donors (Lipinski definition) is 13. The smallest absolute Gasteiger partial charge is 0.245 e. The number of carbonyl (C=O) groups is 12. The summed E-state index contributed by atoms with van der Waals surface area (Å²) in [6, 6.07) is -7.34. The molecule has 1 aromatic rings.